The lowest BCUT2D eigenvalue weighted by molar-refractivity contribution is -0.137. The molecule has 0 radical (unpaired) electrons. The molecule has 1 amide bonds. The molecule has 1 aromatic rings. The summed E-state index contributed by atoms with van der Waals surface area (Å²) in [5.74, 6) is 1.31. The topological polar surface area (TPSA) is 92.8 Å². The summed E-state index contributed by atoms with van der Waals surface area (Å²) in [6.07, 6.45) is 10.4. The van der Waals surface area contributed by atoms with E-state index in [4.69, 9.17) is 11.2 Å². The van der Waals surface area contributed by atoms with Crippen molar-refractivity contribution in [1.82, 2.24) is 9.62 Å². The number of benzene rings is 1. The number of nitrogens with zero attached hydrogens (tertiary/aromatic N) is 1. The van der Waals surface area contributed by atoms with Crippen molar-refractivity contribution < 1.29 is 22.7 Å². The predicted octanol–water partition coefficient (Wildman–Crippen LogP) is 1.94. The number of nitrogens with one attached hydrogen (secondary N) is 1. The molecular weight excluding hydrogens is 380 g/mol. The van der Waals surface area contributed by atoms with E-state index in [0.29, 0.717) is 6.54 Å². The van der Waals surface area contributed by atoms with Crippen LogP contribution in [0.5, 0.6) is 0 Å². The van der Waals surface area contributed by atoms with Gasteiger partial charge in [-0.3, -0.25) is 4.79 Å². The second kappa shape index (κ2) is 10.2. The van der Waals surface area contributed by atoms with Crippen LogP contribution in [0.3, 0.4) is 0 Å². The van der Waals surface area contributed by atoms with Gasteiger partial charge in [-0.1, -0.05) is 25.2 Å². The summed E-state index contributed by atoms with van der Waals surface area (Å²) >= 11 is 0. The van der Waals surface area contributed by atoms with Gasteiger partial charge in [0.25, 0.3) is 5.91 Å². The second-order valence-corrected chi connectivity index (χ2v) is 8.37. The number of amides is 1. The van der Waals surface area contributed by atoms with Gasteiger partial charge >= 0.3 is 5.97 Å². The van der Waals surface area contributed by atoms with Crippen molar-refractivity contribution in [1.29, 1.82) is 0 Å². The Kier molecular flexibility index (Phi) is 8.03. The predicted molar refractivity (Wildman–Crippen MR) is 105 cm³/mol. The van der Waals surface area contributed by atoms with Crippen molar-refractivity contribution in [2.75, 3.05) is 19.7 Å². The van der Waals surface area contributed by atoms with Crippen LogP contribution in [0.1, 0.15) is 49.4 Å². The molecule has 1 N–H and O–H groups in total. The van der Waals surface area contributed by atoms with E-state index in [-0.39, 0.29) is 35.6 Å². The fraction of sp³-hybridized carbons (Fsp3) is 0.500. The number of sulfonamides is 1. The fourth-order valence-corrected chi connectivity index (χ4v) is 4.25. The highest BCUT2D eigenvalue weighted by Gasteiger charge is 2.25. The van der Waals surface area contributed by atoms with Crippen molar-refractivity contribution >= 4 is 21.9 Å². The van der Waals surface area contributed by atoms with Crippen LogP contribution in [0.4, 0.5) is 0 Å². The molecule has 1 fully saturated rings. The number of terminal acetylenes is 1. The lowest BCUT2D eigenvalue weighted by Crippen LogP contribution is -2.43. The summed E-state index contributed by atoms with van der Waals surface area (Å²) in [6.45, 7) is 2.05. The van der Waals surface area contributed by atoms with Crippen LogP contribution in [0.15, 0.2) is 29.2 Å². The van der Waals surface area contributed by atoms with Crippen LogP contribution >= 0.6 is 0 Å². The second-order valence-electron chi connectivity index (χ2n) is 6.60. The van der Waals surface area contributed by atoms with E-state index >= 15 is 0 Å². The number of hydrogen-bond donors (Lipinski definition) is 1. The summed E-state index contributed by atoms with van der Waals surface area (Å²) in [4.78, 5) is 26.4. The van der Waals surface area contributed by atoms with Gasteiger partial charge in [-0.05, 0) is 44.0 Å². The maximum absolute atomic E-state index is 12.4. The van der Waals surface area contributed by atoms with E-state index in [0.717, 1.165) is 25.7 Å². The Hall–Kier alpha value is -2.37. The third kappa shape index (κ3) is 5.81. The van der Waals surface area contributed by atoms with Crippen LogP contribution in [0.2, 0.25) is 0 Å². The van der Waals surface area contributed by atoms with E-state index in [1.54, 1.807) is 4.90 Å². The van der Waals surface area contributed by atoms with Crippen molar-refractivity contribution in [2.24, 2.45) is 0 Å². The highest BCUT2D eigenvalue weighted by molar-refractivity contribution is 7.89. The Labute approximate surface area is 166 Å². The molecule has 1 aromatic carbocycles. The molecule has 7 nitrogen and oxygen atoms in total. The molecule has 0 spiro atoms. The van der Waals surface area contributed by atoms with E-state index in [9.17, 15) is 18.0 Å². The average molecular weight is 407 g/mol. The minimum absolute atomic E-state index is 0.00941. The summed E-state index contributed by atoms with van der Waals surface area (Å²) < 4.78 is 31.3. The molecular formula is C20H26N2O5S. The lowest BCUT2D eigenvalue weighted by atomic mass is 9.94. The first kappa shape index (κ1) is 21.9. The first-order valence-electron chi connectivity index (χ1n) is 9.38. The summed E-state index contributed by atoms with van der Waals surface area (Å²) in [5, 5.41) is 0. The molecule has 0 bridgehead atoms. The molecule has 2 rings (SSSR count). The van der Waals surface area contributed by atoms with Gasteiger partial charge in [0.05, 0.1) is 17.0 Å². The van der Waals surface area contributed by atoms with Gasteiger partial charge in [0.15, 0.2) is 6.61 Å². The molecule has 8 heteroatoms. The number of rotatable bonds is 8. The first-order chi connectivity index (χ1) is 13.4. The van der Waals surface area contributed by atoms with Crippen LogP contribution in [0, 0.1) is 12.3 Å². The summed E-state index contributed by atoms with van der Waals surface area (Å²) in [6, 6.07) is 5.48. The molecule has 1 aliphatic carbocycles. The summed E-state index contributed by atoms with van der Waals surface area (Å²) in [5.41, 5.74) is 0.171. The van der Waals surface area contributed by atoms with Crippen molar-refractivity contribution in [3.05, 3.63) is 29.8 Å². The highest BCUT2D eigenvalue weighted by Crippen LogP contribution is 2.22. The molecule has 0 unspecified atom stereocenters. The monoisotopic (exact) mass is 406 g/mol. The molecule has 0 atom stereocenters. The summed E-state index contributed by atoms with van der Waals surface area (Å²) in [7, 11) is -3.72. The Balaban J connectivity index is 1.93. The molecule has 0 aromatic heterocycles. The van der Waals surface area contributed by atoms with E-state index in [1.807, 2.05) is 6.92 Å². The van der Waals surface area contributed by atoms with E-state index in [1.165, 1.54) is 30.7 Å². The van der Waals surface area contributed by atoms with Gasteiger partial charge in [-0.2, -0.15) is 4.72 Å². The Morgan fingerprint density at radius 3 is 2.43 bits per heavy atom. The third-order valence-electron chi connectivity index (χ3n) is 4.77. The zero-order valence-corrected chi connectivity index (χ0v) is 16.8. The number of hydrogen-bond acceptors (Lipinski definition) is 5. The Bertz CT molecular complexity index is 821. The Morgan fingerprint density at radius 1 is 1.21 bits per heavy atom. The number of ether oxygens (including phenoxy) is 1. The zero-order valence-electron chi connectivity index (χ0n) is 16.0. The van der Waals surface area contributed by atoms with Gasteiger partial charge < -0.3 is 9.64 Å². The van der Waals surface area contributed by atoms with Gasteiger partial charge in [-0.15, -0.1) is 6.42 Å². The SMILES string of the molecule is C#CCNS(=O)(=O)c1ccc(C(=O)OCC(=O)N(CC)C2CCCCC2)cc1. The molecule has 0 heterocycles. The lowest BCUT2D eigenvalue weighted by Gasteiger charge is -2.33. The molecule has 0 saturated heterocycles. The quantitative estimate of drug-likeness (QED) is 0.526. The fourth-order valence-electron chi connectivity index (χ4n) is 3.31. The smallest absolute Gasteiger partial charge is 0.338 e. The van der Waals surface area contributed by atoms with E-state index in [2.05, 4.69) is 10.6 Å². The molecule has 0 aliphatic heterocycles. The number of likely N-dealkylation sites (N-methyl/N-ethyl adjacent to an activating group) is 1. The highest BCUT2D eigenvalue weighted by atomic mass is 32.2. The third-order valence-corrected chi connectivity index (χ3v) is 6.18. The van der Waals surface area contributed by atoms with Crippen molar-refractivity contribution in [3.63, 3.8) is 0 Å². The average Bonchev–Trinajstić information content (AvgIpc) is 2.72. The largest absolute Gasteiger partial charge is 0.452 e. The minimum atomic E-state index is -3.72. The first-order valence-corrected chi connectivity index (χ1v) is 10.9. The van der Waals surface area contributed by atoms with E-state index < -0.39 is 16.0 Å². The van der Waals surface area contributed by atoms with Gasteiger partial charge in [0, 0.05) is 12.6 Å². The minimum Gasteiger partial charge on any atom is -0.452 e. The normalized spacial score (nSPS) is 14.9. The number of esters is 1. The van der Waals surface area contributed by atoms with Gasteiger partial charge in [0.1, 0.15) is 0 Å². The maximum Gasteiger partial charge on any atom is 0.338 e. The number of carbonyl (C=O) groups excluding carboxylic acids is 2. The van der Waals surface area contributed by atoms with Crippen molar-refractivity contribution in [2.45, 2.75) is 50.0 Å². The zero-order chi connectivity index (χ0) is 20.6. The molecule has 28 heavy (non-hydrogen) atoms. The van der Waals surface area contributed by atoms with Crippen LogP contribution < -0.4 is 4.72 Å². The van der Waals surface area contributed by atoms with Crippen LogP contribution in [0.25, 0.3) is 0 Å². The van der Waals surface area contributed by atoms with Gasteiger partial charge in [-0.25, -0.2) is 13.2 Å². The molecule has 152 valence electrons. The molecule has 1 saturated carbocycles. The van der Waals surface area contributed by atoms with Gasteiger partial charge in [0.2, 0.25) is 10.0 Å². The van der Waals surface area contributed by atoms with Crippen molar-refractivity contribution in [3.8, 4) is 12.3 Å². The standard InChI is InChI=1S/C20H26N2O5S/c1-3-14-21-28(25,26)18-12-10-16(11-13-18)20(24)27-15-19(23)22(4-2)17-8-6-5-7-9-17/h1,10-13,17,21H,4-9,14-15H2,2H3. The maximum atomic E-state index is 12.4. The van der Waals surface area contributed by atoms with Crippen LogP contribution in [-0.4, -0.2) is 50.9 Å². The molecule has 1 aliphatic rings. The number of carbonyl (C=O) groups is 2. The van der Waals surface area contributed by atoms with Crippen LogP contribution in [-0.2, 0) is 19.6 Å². The Morgan fingerprint density at radius 2 is 1.86 bits per heavy atom.